The standard InChI is InChI=1S/C13H18N2O4S/c1-20(17,18)14-11-6-13(7-11)3-4-15(9-13)12(16)10-2-5-19-8-10/h2,5,8,11,14H,3-4,6-7,9H2,1H3. The molecule has 110 valence electrons. The van der Waals surface area contributed by atoms with Crippen molar-refractivity contribution in [2.24, 2.45) is 5.41 Å². The molecule has 1 aromatic heterocycles. The molecule has 20 heavy (non-hydrogen) atoms. The summed E-state index contributed by atoms with van der Waals surface area (Å²) in [5.74, 6) is -0.00449. The molecular weight excluding hydrogens is 280 g/mol. The van der Waals surface area contributed by atoms with Crippen LogP contribution in [-0.4, -0.2) is 44.6 Å². The van der Waals surface area contributed by atoms with Crippen LogP contribution in [0, 0.1) is 5.41 Å². The largest absolute Gasteiger partial charge is 0.472 e. The molecule has 1 aliphatic carbocycles. The van der Waals surface area contributed by atoms with Gasteiger partial charge in [-0.3, -0.25) is 4.79 Å². The van der Waals surface area contributed by atoms with Crippen LogP contribution in [0.5, 0.6) is 0 Å². The normalized spacial score (nSPS) is 29.6. The van der Waals surface area contributed by atoms with E-state index in [0.29, 0.717) is 12.1 Å². The fourth-order valence-corrected chi connectivity index (χ4v) is 4.15. The third kappa shape index (κ3) is 2.60. The zero-order valence-electron chi connectivity index (χ0n) is 11.3. The zero-order chi connectivity index (χ0) is 14.4. The summed E-state index contributed by atoms with van der Waals surface area (Å²) in [7, 11) is -3.14. The van der Waals surface area contributed by atoms with Crippen molar-refractivity contribution < 1.29 is 17.6 Å². The Kier molecular flexibility index (Phi) is 3.13. The van der Waals surface area contributed by atoms with Crippen LogP contribution in [0.2, 0.25) is 0 Å². The maximum Gasteiger partial charge on any atom is 0.257 e. The van der Waals surface area contributed by atoms with Gasteiger partial charge in [-0.15, -0.1) is 0 Å². The summed E-state index contributed by atoms with van der Waals surface area (Å²) in [5.41, 5.74) is 0.675. The number of sulfonamides is 1. The lowest BCUT2D eigenvalue weighted by molar-refractivity contribution is 0.0687. The Balaban J connectivity index is 1.58. The van der Waals surface area contributed by atoms with E-state index in [-0.39, 0.29) is 17.4 Å². The summed E-state index contributed by atoms with van der Waals surface area (Å²) >= 11 is 0. The molecule has 0 atom stereocenters. The van der Waals surface area contributed by atoms with Crippen LogP contribution in [0.1, 0.15) is 29.6 Å². The summed E-state index contributed by atoms with van der Waals surface area (Å²) < 4.78 is 29.9. The average molecular weight is 298 g/mol. The minimum Gasteiger partial charge on any atom is -0.472 e. The number of amides is 1. The van der Waals surface area contributed by atoms with E-state index >= 15 is 0 Å². The van der Waals surface area contributed by atoms with Gasteiger partial charge in [0, 0.05) is 19.1 Å². The monoisotopic (exact) mass is 298 g/mol. The first kappa shape index (κ1) is 13.6. The van der Waals surface area contributed by atoms with Crippen LogP contribution in [-0.2, 0) is 10.0 Å². The van der Waals surface area contributed by atoms with E-state index in [2.05, 4.69) is 4.72 Å². The number of nitrogens with zero attached hydrogens (tertiary/aromatic N) is 1. The third-order valence-corrected chi connectivity index (χ3v) is 4.99. The number of carbonyl (C=O) groups excluding carboxylic acids is 1. The number of likely N-dealkylation sites (tertiary alicyclic amines) is 1. The fourth-order valence-electron chi connectivity index (χ4n) is 3.38. The molecule has 2 aliphatic rings. The lowest BCUT2D eigenvalue weighted by Gasteiger charge is -2.45. The van der Waals surface area contributed by atoms with Crippen molar-refractivity contribution in [1.29, 1.82) is 0 Å². The molecule has 1 N–H and O–H groups in total. The highest BCUT2D eigenvalue weighted by Crippen LogP contribution is 2.48. The first-order valence-electron chi connectivity index (χ1n) is 6.66. The SMILES string of the molecule is CS(=O)(=O)NC1CC2(CCN(C(=O)c3ccoc3)C2)C1. The minimum atomic E-state index is -3.14. The number of hydrogen-bond acceptors (Lipinski definition) is 4. The molecule has 1 aliphatic heterocycles. The van der Waals surface area contributed by atoms with Crippen molar-refractivity contribution in [3.63, 3.8) is 0 Å². The molecule has 1 amide bonds. The summed E-state index contributed by atoms with van der Waals surface area (Å²) in [5, 5.41) is 0. The molecule has 6 nitrogen and oxygen atoms in total. The van der Waals surface area contributed by atoms with Crippen molar-refractivity contribution in [3.8, 4) is 0 Å². The number of nitrogens with one attached hydrogen (secondary N) is 1. The van der Waals surface area contributed by atoms with Crippen LogP contribution in [0.4, 0.5) is 0 Å². The van der Waals surface area contributed by atoms with E-state index in [1.165, 1.54) is 18.8 Å². The molecule has 0 bridgehead atoms. The van der Waals surface area contributed by atoms with Crippen molar-refractivity contribution in [3.05, 3.63) is 24.2 Å². The van der Waals surface area contributed by atoms with Gasteiger partial charge in [0.1, 0.15) is 6.26 Å². The van der Waals surface area contributed by atoms with Gasteiger partial charge in [0.05, 0.1) is 18.1 Å². The van der Waals surface area contributed by atoms with E-state index < -0.39 is 10.0 Å². The molecule has 1 aromatic rings. The molecule has 0 radical (unpaired) electrons. The molecule has 1 saturated heterocycles. The molecule has 0 unspecified atom stereocenters. The Morgan fingerprint density at radius 2 is 2.25 bits per heavy atom. The van der Waals surface area contributed by atoms with Gasteiger partial charge in [-0.1, -0.05) is 0 Å². The third-order valence-electron chi connectivity index (χ3n) is 4.23. The van der Waals surface area contributed by atoms with Crippen LogP contribution < -0.4 is 4.72 Å². The number of hydrogen-bond donors (Lipinski definition) is 1. The smallest absolute Gasteiger partial charge is 0.257 e. The van der Waals surface area contributed by atoms with Gasteiger partial charge in [-0.05, 0) is 30.7 Å². The number of carbonyl (C=O) groups is 1. The van der Waals surface area contributed by atoms with Crippen molar-refractivity contribution in [2.75, 3.05) is 19.3 Å². The highest BCUT2D eigenvalue weighted by molar-refractivity contribution is 7.88. The fraction of sp³-hybridized carbons (Fsp3) is 0.615. The molecule has 7 heteroatoms. The van der Waals surface area contributed by atoms with Gasteiger partial charge in [0.15, 0.2) is 0 Å². The van der Waals surface area contributed by atoms with E-state index in [9.17, 15) is 13.2 Å². The van der Waals surface area contributed by atoms with Crippen molar-refractivity contribution in [2.45, 2.75) is 25.3 Å². The molecule has 3 rings (SSSR count). The Morgan fingerprint density at radius 3 is 2.85 bits per heavy atom. The van der Waals surface area contributed by atoms with Crippen molar-refractivity contribution in [1.82, 2.24) is 9.62 Å². The Bertz CT molecular complexity index is 602. The van der Waals surface area contributed by atoms with Gasteiger partial charge in [-0.25, -0.2) is 13.1 Å². The molecule has 0 aromatic carbocycles. The molecular formula is C13H18N2O4S. The maximum absolute atomic E-state index is 12.2. The molecule has 2 heterocycles. The van der Waals surface area contributed by atoms with Crippen LogP contribution in [0.3, 0.4) is 0 Å². The maximum atomic E-state index is 12.2. The van der Waals surface area contributed by atoms with E-state index in [1.54, 1.807) is 6.07 Å². The molecule has 1 spiro atoms. The highest BCUT2D eigenvalue weighted by atomic mass is 32.2. The minimum absolute atomic E-state index is 0.00449. The van der Waals surface area contributed by atoms with Gasteiger partial charge in [0.25, 0.3) is 5.91 Å². The second kappa shape index (κ2) is 4.60. The second-order valence-electron chi connectivity index (χ2n) is 5.98. The quantitative estimate of drug-likeness (QED) is 0.896. The lowest BCUT2D eigenvalue weighted by atomic mass is 9.65. The lowest BCUT2D eigenvalue weighted by Crippen LogP contribution is -2.51. The summed E-state index contributed by atoms with van der Waals surface area (Å²) in [6.07, 6.45) is 6.71. The highest BCUT2D eigenvalue weighted by Gasteiger charge is 2.50. The van der Waals surface area contributed by atoms with Crippen molar-refractivity contribution >= 4 is 15.9 Å². The van der Waals surface area contributed by atoms with Gasteiger partial charge in [-0.2, -0.15) is 0 Å². The van der Waals surface area contributed by atoms with Gasteiger partial charge >= 0.3 is 0 Å². The Morgan fingerprint density at radius 1 is 1.50 bits per heavy atom. The first-order chi connectivity index (χ1) is 9.37. The summed E-state index contributed by atoms with van der Waals surface area (Å²) in [4.78, 5) is 14.0. The Hall–Kier alpha value is -1.34. The predicted molar refractivity (Wildman–Crippen MR) is 72.7 cm³/mol. The molecule has 2 fully saturated rings. The van der Waals surface area contributed by atoms with Crippen LogP contribution >= 0.6 is 0 Å². The summed E-state index contributed by atoms with van der Waals surface area (Å²) in [6.45, 7) is 1.44. The second-order valence-corrected chi connectivity index (χ2v) is 7.76. The zero-order valence-corrected chi connectivity index (χ0v) is 12.1. The van der Waals surface area contributed by atoms with E-state index in [0.717, 1.165) is 25.8 Å². The predicted octanol–water partition coefficient (Wildman–Crippen LogP) is 0.823. The van der Waals surface area contributed by atoms with Crippen LogP contribution in [0.25, 0.3) is 0 Å². The Labute approximate surface area is 118 Å². The average Bonchev–Trinajstić information content (AvgIpc) is 2.93. The van der Waals surface area contributed by atoms with Gasteiger partial charge < -0.3 is 9.32 Å². The first-order valence-corrected chi connectivity index (χ1v) is 8.55. The molecule has 1 saturated carbocycles. The summed E-state index contributed by atoms with van der Waals surface area (Å²) in [6, 6.07) is 1.69. The van der Waals surface area contributed by atoms with E-state index in [1.807, 2.05) is 4.90 Å². The van der Waals surface area contributed by atoms with E-state index in [4.69, 9.17) is 4.42 Å². The van der Waals surface area contributed by atoms with Gasteiger partial charge in [0.2, 0.25) is 10.0 Å². The number of furan rings is 1. The topological polar surface area (TPSA) is 79.6 Å². The van der Waals surface area contributed by atoms with Crippen LogP contribution in [0.15, 0.2) is 23.0 Å². The number of rotatable bonds is 3.